The molecule has 162 valence electrons. The van der Waals surface area contributed by atoms with Crippen LogP contribution in [-0.4, -0.2) is 27.1 Å². The molecule has 1 aliphatic heterocycles. The summed E-state index contributed by atoms with van der Waals surface area (Å²) in [5.74, 6) is -0.519. The molecule has 1 aromatic heterocycles. The van der Waals surface area contributed by atoms with Crippen LogP contribution >= 0.6 is 11.8 Å². The average Bonchev–Trinajstić information content (AvgIpc) is 3.39. The largest absolute Gasteiger partial charge is 0.478 e. The number of aromatic carboxylic acids is 1. The molecule has 2 amide bonds. The fraction of sp³-hybridized carbons (Fsp3) is 0.0385. The number of carbonyl (C=O) groups excluding carboxylic acids is 2. The number of amides is 2. The Hall–Kier alpha value is -4.10. The van der Waals surface area contributed by atoms with Crippen molar-refractivity contribution in [3.63, 3.8) is 0 Å². The van der Waals surface area contributed by atoms with Crippen molar-refractivity contribution in [1.82, 2.24) is 4.90 Å². The van der Waals surface area contributed by atoms with Gasteiger partial charge in [0.25, 0.3) is 11.1 Å². The number of carboxylic acid groups (broad SMARTS) is 1. The highest BCUT2D eigenvalue weighted by molar-refractivity contribution is 8.18. The summed E-state index contributed by atoms with van der Waals surface area (Å²) in [5.41, 5.74) is 1.63. The summed E-state index contributed by atoms with van der Waals surface area (Å²) in [6.45, 7) is 0.193. The molecule has 4 aromatic rings. The summed E-state index contributed by atoms with van der Waals surface area (Å²) in [7, 11) is 0. The van der Waals surface area contributed by atoms with E-state index in [0.29, 0.717) is 17.1 Å². The van der Waals surface area contributed by atoms with Gasteiger partial charge in [-0.1, -0.05) is 48.5 Å². The van der Waals surface area contributed by atoms with Crippen LogP contribution < -0.4 is 0 Å². The van der Waals surface area contributed by atoms with Crippen LogP contribution in [0, 0.1) is 0 Å². The normalized spacial score (nSPS) is 15.0. The van der Waals surface area contributed by atoms with Crippen LogP contribution in [0.5, 0.6) is 0 Å². The van der Waals surface area contributed by atoms with E-state index in [9.17, 15) is 19.5 Å². The van der Waals surface area contributed by atoms with Crippen molar-refractivity contribution in [3.05, 3.63) is 101 Å². The summed E-state index contributed by atoms with van der Waals surface area (Å²) in [6.07, 6.45) is 1.54. The van der Waals surface area contributed by atoms with Crippen molar-refractivity contribution in [3.8, 4) is 11.3 Å². The standard InChI is InChI=1S/C26H17NO5S/c28-24-23(14-21-10-11-22(32-21)19-6-3-7-20(13-19)25(29)30)33-26(31)27(24)15-16-8-9-17-4-1-2-5-18(17)12-16/h1-14H,15H2,(H,29,30)/b23-14-. The van der Waals surface area contributed by atoms with E-state index in [0.717, 1.165) is 28.1 Å². The Balaban J connectivity index is 1.36. The summed E-state index contributed by atoms with van der Waals surface area (Å²) in [5, 5.41) is 11.0. The van der Waals surface area contributed by atoms with Gasteiger partial charge in [-0.05, 0) is 58.4 Å². The minimum atomic E-state index is -1.02. The van der Waals surface area contributed by atoms with Gasteiger partial charge in [-0.2, -0.15) is 0 Å². The molecule has 7 heteroatoms. The number of imide groups is 1. The van der Waals surface area contributed by atoms with Gasteiger partial charge in [-0.25, -0.2) is 4.79 Å². The van der Waals surface area contributed by atoms with Gasteiger partial charge in [-0.3, -0.25) is 14.5 Å². The molecule has 1 saturated heterocycles. The molecule has 33 heavy (non-hydrogen) atoms. The van der Waals surface area contributed by atoms with Gasteiger partial charge >= 0.3 is 5.97 Å². The maximum atomic E-state index is 12.9. The third-order valence-corrected chi connectivity index (χ3v) is 6.23. The van der Waals surface area contributed by atoms with E-state index in [1.165, 1.54) is 23.1 Å². The quantitative estimate of drug-likeness (QED) is 0.370. The Morgan fingerprint density at radius 1 is 0.939 bits per heavy atom. The van der Waals surface area contributed by atoms with Crippen LogP contribution in [0.2, 0.25) is 0 Å². The lowest BCUT2D eigenvalue weighted by molar-refractivity contribution is -0.123. The Morgan fingerprint density at radius 2 is 1.76 bits per heavy atom. The lowest BCUT2D eigenvalue weighted by Crippen LogP contribution is -2.27. The highest BCUT2D eigenvalue weighted by atomic mass is 32.2. The van der Waals surface area contributed by atoms with Crippen LogP contribution in [-0.2, 0) is 11.3 Å². The van der Waals surface area contributed by atoms with Crippen molar-refractivity contribution in [2.75, 3.05) is 0 Å². The molecule has 0 aliphatic carbocycles. The van der Waals surface area contributed by atoms with Crippen molar-refractivity contribution >= 4 is 45.7 Å². The molecule has 0 spiro atoms. The molecule has 1 fully saturated rings. The molecular weight excluding hydrogens is 438 g/mol. The first kappa shape index (κ1) is 20.8. The Labute approximate surface area is 193 Å². The number of thioether (sulfide) groups is 1. The number of hydrogen-bond donors (Lipinski definition) is 1. The van der Waals surface area contributed by atoms with Crippen molar-refractivity contribution in [2.45, 2.75) is 6.54 Å². The molecule has 1 N–H and O–H groups in total. The van der Waals surface area contributed by atoms with Gasteiger partial charge in [0.15, 0.2) is 0 Å². The zero-order valence-corrected chi connectivity index (χ0v) is 18.0. The van der Waals surface area contributed by atoms with E-state index in [1.807, 2.05) is 42.5 Å². The number of benzene rings is 3. The molecule has 0 saturated carbocycles. The number of rotatable bonds is 5. The zero-order valence-electron chi connectivity index (χ0n) is 17.2. The van der Waals surface area contributed by atoms with Crippen LogP contribution in [0.25, 0.3) is 28.2 Å². The van der Waals surface area contributed by atoms with E-state index in [1.54, 1.807) is 24.3 Å². The van der Waals surface area contributed by atoms with E-state index < -0.39 is 5.97 Å². The first-order chi connectivity index (χ1) is 16.0. The van der Waals surface area contributed by atoms with Gasteiger partial charge in [0.1, 0.15) is 11.5 Å². The first-order valence-corrected chi connectivity index (χ1v) is 11.0. The van der Waals surface area contributed by atoms with E-state index in [4.69, 9.17) is 4.42 Å². The van der Waals surface area contributed by atoms with Crippen molar-refractivity contribution < 1.29 is 23.9 Å². The Kier molecular flexibility index (Phi) is 5.32. The summed E-state index contributed by atoms with van der Waals surface area (Å²) in [4.78, 5) is 38.1. The maximum Gasteiger partial charge on any atom is 0.335 e. The van der Waals surface area contributed by atoms with Crippen molar-refractivity contribution in [2.24, 2.45) is 0 Å². The predicted molar refractivity (Wildman–Crippen MR) is 127 cm³/mol. The number of nitrogens with zero attached hydrogens (tertiary/aromatic N) is 1. The second-order valence-electron chi connectivity index (χ2n) is 7.54. The third kappa shape index (κ3) is 4.18. The molecule has 3 aromatic carbocycles. The highest BCUT2D eigenvalue weighted by Crippen LogP contribution is 2.34. The molecule has 0 radical (unpaired) electrons. The van der Waals surface area contributed by atoms with E-state index >= 15 is 0 Å². The predicted octanol–water partition coefficient (Wildman–Crippen LogP) is 6.03. The number of carboxylic acids is 1. The summed E-state index contributed by atoms with van der Waals surface area (Å²) in [6, 6.07) is 23.6. The average molecular weight is 455 g/mol. The second-order valence-corrected chi connectivity index (χ2v) is 8.53. The highest BCUT2D eigenvalue weighted by Gasteiger charge is 2.35. The molecule has 2 heterocycles. The smallest absolute Gasteiger partial charge is 0.335 e. The minimum absolute atomic E-state index is 0.153. The summed E-state index contributed by atoms with van der Waals surface area (Å²) < 4.78 is 5.79. The van der Waals surface area contributed by atoms with Gasteiger partial charge in [0, 0.05) is 11.6 Å². The monoisotopic (exact) mass is 455 g/mol. The summed E-state index contributed by atoms with van der Waals surface area (Å²) >= 11 is 0.872. The SMILES string of the molecule is O=C(O)c1cccc(-c2ccc(/C=C3\SC(=O)N(Cc4ccc5ccccc5c4)C3=O)o2)c1. The molecule has 0 bridgehead atoms. The number of fused-ring (bicyclic) bond motifs is 1. The fourth-order valence-electron chi connectivity index (χ4n) is 3.68. The zero-order chi connectivity index (χ0) is 22.9. The molecular formula is C26H17NO5S. The molecule has 1 aliphatic rings. The van der Waals surface area contributed by atoms with Crippen LogP contribution in [0.3, 0.4) is 0 Å². The molecule has 5 rings (SSSR count). The number of furan rings is 1. The maximum absolute atomic E-state index is 12.9. The molecule has 0 atom stereocenters. The van der Waals surface area contributed by atoms with Gasteiger partial charge in [-0.15, -0.1) is 0 Å². The van der Waals surface area contributed by atoms with Gasteiger partial charge in [0.2, 0.25) is 0 Å². The van der Waals surface area contributed by atoms with Gasteiger partial charge < -0.3 is 9.52 Å². The lowest BCUT2D eigenvalue weighted by Gasteiger charge is -2.13. The molecule has 0 unspecified atom stereocenters. The van der Waals surface area contributed by atoms with Gasteiger partial charge in [0.05, 0.1) is 17.0 Å². The van der Waals surface area contributed by atoms with Crippen LogP contribution in [0.1, 0.15) is 21.7 Å². The van der Waals surface area contributed by atoms with Crippen LogP contribution in [0.4, 0.5) is 4.79 Å². The topological polar surface area (TPSA) is 87.8 Å². The third-order valence-electron chi connectivity index (χ3n) is 5.32. The van der Waals surface area contributed by atoms with Crippen molar-refractivity contribution in [1.29, 1.82) is 0 Å². The second kappa shape index (κ2) is 8.44. The fourth-order valence-corrected chi connectivity index (χ4v) is 4.49. The van der Waals surface area contributed by atoms with E-state index in [2.05, 4.69) is 0 Å². The Bertz CT molecular complexity index is 1450. The molecule has 6 nitrogen and oxygen atoms in total. The lowest BCUT2D eigenvalue weighted by atomic mass is 10.1. The van der Waals surface area contributed by atoms with E-state index in [-0.39, 0.29) is 28.2 Å². The number of carbonyl (C=O) groups is 3. The number of hydrogen-bond acceptors (Lipinski definition) is 5. The Morgan fingerprint density at radius 3 is 2.58 bits per heavy atom. The first-order valence-electron chi connectivity index (χ1n) is 10.1. The van der Waals surface area contributed by atoms with Crippen LogP contribution in [0.15, 0.2) is 88.2 Å². The minimum Gasteiger partial charge on any atom is -0.478 e.